The van der Waals surface area contributed by atoms with Gasteiger partial charge in [-0.3, -0.25) is 14.8 Å². The maximum atomic E-state index is 12.4. The summed E-state index contributed by atoms with van der Waals surface area (Å²) in [6.07, 6.45) is 6.43. The molecule has 0 saturated carbocycles. The van der Waals surface area contributed by atoms with Crippen molar-refractivity contribution in [3.63, 3.8) is 0 Å². The fourth-order valence-electron chi connectivity index (χ4n) is 6.72. The number of H-pyrrole nitrogens is 1. The molecule has 0 radical (unpaired) electrons. The molecule has 3 aromatic rings. The van der Waals surface area contributed by atoms with E-state index in [9.17, 15) is 4.79 Å². The summed E-state index contributed by atoms with van der Waals surface area (Å²) in [5.74, 6) is 0.911. The molecule has 1 N–H and O–H groups in total. The molecule has 10 heteroatoms. The molecule has 0 aliphatic carbocycles. The van der Waals surface area contributed by atoms with E-state index in [1.165, 1.54) is 23.6 Å². The van der Waals surface area contributed by atoms with Crippen LogP contribution in [-0.4, -0.2) is 99.7 Å². The number of likely N-dealkylation sites (N-methyl/N-ethyl adjacent to an activating group) is 2. The number of carbonyl (C=O) groups is 1. The number of nitrogens with zero attached hydrogens (tertiary/aromatic N) is 7. The van der Waals surface area contributed by atoms with Gasteiger partial charge in [-0.05, 0) is 70.6 Å². The lowest BCUT2D eigenvalue weighted by molar-refractivity contribution is -0.128. The molecule has 3 aliphatic heterocycles. The standard InChI is InChI=1S/C30H40N8O2/c1-6-27(39)38-13-12-37(16-20(38)3)29-23-17-36(5)26(28-19(2)9-10-24-22(28)15-31-34-24)14-25(23)32-30(33-29)40-18-21-8-7-11-35(21)4/h6,9-10,15,20-21,26H,1,7-8,11-14,16-18H2,2-5H3,(H,31,34)/t20-,21+,26?/m1/s1. The molecule has 5 heterocycles. The minimum absolute atomic E-state index is 0.0204. The third-order valence-electron chi connectivity index (χ3n) is 9.05. The number of ether oxygens (including phenoxy) is 1. The van der Waals surface area contributed by atoms with Crippen LogP contribution in [0.25, 0.3) is 10.9 Å². The third-order valence-corrected chi connectivity index (χ3v) is 9.05. The molecule has 1 unspecified atom stereocenters. The predicted octanol–water partition coefficient (Wildman–Crippen LogP) is 3.09. The van der Waals surface area contributed by atoms with Gasteiger partial charge in [0.05, 0.1) is 17.4 Å². The number of aryl methyl sites for hydroxylation is 1. The van der Waals surface area contributed by atoms with Crippen molar-refractivity contribution in [1.82, 2.24) is 34.9 Å². The van der Waals surface area contributed by atoms with Gasteiger partial charge in [-0.1, -0.05) is 12.6 Å². The second kappa shape index (κ2) is 10.8. The zero-order chi connectivity index (χ0) is 28.0. The summed E-state index contributed by atoms with van der Waals surface area (Å²) in [5, 5.41) is 8.61. The number of carbonyl (C=O) groups excluding carboxylic acids is 1. The van der Waals surface area contributed by atoms with E-state index < -0.39 is 0 Å². The number of benzene rings is 1. The predicted molar refractivity (Wildman–Crippen MR) is 156 cm³/mol. The maximum absolute atomic E-state index is 12.4. The van der Waals surface area contributed by atoms with E-state index >= 15 is 0 Å². The number of aromatic amines is 1. The quantitative estimate of drug-likeness (QED) is 0.474. The minimum Gasteiger partial charge on any atom is -0.462 e. The van der Waals surface area contributed by atoms with Crippen molar-refractivity contribution in [1.29, 1.82) is 0 Å². The molecule has 3 aliphatic rings. The number of hydrogen-bond acceptors (Lipinski definition) is 8. The first-order valence-electron chi connectivity index (χ1n) is 14.4. The van der Waals surface area contributed by atoms with Gasteiger partial charge in [0.1, 0.15) is 12.4 Å². The van der Waals surface area contributed by atoms with E-state index in [0.29, 0.717) is 38.3 Å². The highest BCUT2D eigenvalue weighted by Crippen LogP contribution is 2.39. The Bertz CT molecular complexity index is 1420. The molecule has 3 atom stereocenters. The number of nitrogens with one attached hydrogen (secondary N) is 1. The first kappa shape index (κ1) is 26.7. The molecule has 0 bridgehead atoms. The number of piperazine rings is 1. The van der Waals surface area contributed by atoms with Crippen LogP contribution in [0.1, 0.15) is 48.2 Å². The van der Waals surface area contributed by atoms with Crippen LogP contribution >= 0.6 is 0 Å². The van der Waals surface area contributed by atoms with Crippen LogP contribution in [0, 0.1) is 6.92 Å². The van der Waals surface area contributed by atoms with E-state index in [-0.39, 0.29) is 18.0 Å². The second-order valence-corrected chi connectivity index (χ2v) is 11.6. The molecule has 1 aromatic carbocycles. The first-order valence-corrected chi connectivity index (χ1v) is 14.4. The highest BCUT2D eigenvalue weighted by molar-refractivity contribution is 5.87. The molecule has 2 aromatic heterocycles. The van der Waals surface area contributed by atoms with Gasteiger partial charge >= 0.3 is 6.01 Å². The second-order valence-electron chi connectivity index (χ2n) is 11.6. The lowest BCUT2D eigenvalue weighted by atomic mass is 9.89. The Morgan fingerprint density at radius 3 is 2.80 bits per heavy atom. The average Bonchev–Trinajstić information content (AvgIpc) is 3.59. The van der Waals surface area contributed by atoms with Crippen LogP contribution in [0.2, 0.25) is 0 Å². The number of likely N-dealkylation sites (tertiary alicyclic amines) is 1. The maximum Gasteiger partial charge on any atom is 0.318 e. The zero-order valence-electron chi connectivity index (χ0n) is 24.1. The third kappa shape index (κ3) is 4.83. The lowest BCUT2D eigenvalue weighted by Gasteiger charge is -2.42. The average molecular weight is 545 g/mol. The summed E-state index contributed by atoms with van der Waals surface area (Å²) < 4.78 is 6.31. The topological polar surface area (TPSA) is 93.7 Å². The molecule has 0 spiro atoms. The fourth-order valence-corrected chi connectivity index (χ4v) is 6.72. The Labute approximate surface area is 236 Å². The van der Waals surface area contributed by atoms with Gasteiger partial charge in [-0.25, -0.2) is 0 Å². The Hall–Kier alpha value is -3.50. The summed E-state index contributed by atoms with van der Waals surface area (Å²) in [6, 6.07) is 5.32. The van der Waals surface area contributed by atoms with Crippen molar-refractivity contribution in [2.24, 2.45) is 0 Å². The molecular formula is C30H40N8O2. The van der Waals surface area contributed by atoms with Crippen LogP contribution < -0.4 is 9.64 Å². The molecule has 2 fully saturated rings. The number of hydrogen-bond donors (Lipinski definition) is 1. The zero-order valence-corrected chi connectivity index (χ0v) is 24.1. The summed E-state index contributed by atoms with van der Waals surface area (Å²) in [7, 11) is 4.34. The Morgan fingerprint density at radius 2 is 2.05 bits per heavy atom. The van der Waals surface area contributed by atoms with Crippen molar-refractivity contribution in [2.75, 3.05) is 51.8 Å². The number of fused-ring (bicyclic) bond motifs is 2. The summed E-state index contributed by atoms with van der Waals surface area (Å²) in [6.45, 7) is 12.4. The van der Waals surface area contributed by atoms with E-state index in [1.807, 2.05) is 11.1 Å². The van der Waals surface area contributed by atoms with Crippen LogP contribution in [0.5, 0.6) is 6.01 Å². The largest absolute Gasteiger partial charge is 0.462 e. The number of rotatable bonds is 6. The molecular weight excluding hydrogens is 504 g/mol. The highest BCUT2D eigenvalue weighted by atomic mass is 16.5. The van der Waals surface area contributed by atoms with E-state index in [0.717, 1.165) is 53.9 Å². The monoisotopic (exact) mass is 544 g/mol. The molecule has 212 valence electrons. The minimum atomic E-state index is -0.0204. The van der Waals surface area contributed by atoms with Crippen LogP contribution in [0.15, 0.2) is 31.0 Å². The molecule has 10 nitrogen and oxygen atoms in total. The van der Waals surface area contributed by atoms with Crippen molar-refractivity contribution in [3.8, 4) is 6.01 Å². The summed E-state index contributed by atoms with van der Waals surface area (Å²) in [4.78, 5) is 31.4. The molecule has 40 heavy (non-hydrogen) atoms. The van der Waals surface area contributed by atoms with Crippen molar-refractivity contribution in [2.45, 2.75) is 57.8 Å². The number of anilines is 1. The lowest BCUT2D eigenvalue weighted by Crippen LogP contribution is -2.54. The van der Waals surface area contributed by atoms with Crippen LogP contribution in [-0.2, 0) is 17.8 Å². The first-order chi connectivity index (χ1) is 19.3. The van der Waals surface area contributed by atoms with E-state index in [1.54, 1.807) is 0 Å². The summed E-state index contributed by atoms with van der Waals surface area (Å²) in [5.41, 5.74) is 5.78. The van der Waals surface area contributed by atoms with Gasteiger partial charge in [-0.2, -0.15) is 15.1 Å². The van der Waals surface area contributed by atoms with Gasteiger partial charge in [0.2, 0.25) is 5.91 Å². The van der Waals surface area contributed by atoms with E-state index in [4.69, 9.17) is 14.7 Å². The van der Waals surface area contributed by atoms with Gasteiger partial charge < -0.3 is 19.4 Å². The van der Waals surface area contributed by atoms with Gasteiger partial charge in [0.15, 0.2) is 0 Å². The van der Waals surface area contributed by atoms with E-state index in [2.05, 4.69) is 71.6 Å². The molecule has 2 saturated heterocycles. The Kier molecular flexibility index (Phi) is 7.22. The number of amides is 1. The Morgan fingerprint density at radius 1 is 1.20 bits per heavy atom. The van der Waals surface area contributed by atoms with Crippen LogP contribution in [0.3, 0.4) is 0 Å². The SMILES string of the molecule is C=CC(=O)N1CCN(c2nc(OC[C@@H]3CCCN3C)nc3c2CN(C)C(c2c(C)ccc4[nH]ncc24)C3)C[C@H]1C. The normalized spacial score (nSPS) is 23.9. The molecule has 6 rings (SSSR count). The van der Waals surface area contributed by atoms with Crippen molar-refractivity contribution >= 4 is 22.6 Å². The fraction of sp³-hybridized carbons (Fsp3) is 0.533. The molecule has 1 amide bonds. The smallest absolute Gasteiger partial charge is 0.318 e. The van der Waals surface area contributed by atoms with Crippen molar-refractivity contribution < 1.29 is 9.53 Å². The van der Waals surface area contributed by atoms with Crippen molar-refractivity contribution in [3.05, 3.63) is 53.4 Å². The van der Waals surface area contributed by atoms with Gasteiger partial charge in [0, 0.05) is 61.7 Å². The van der Waals surface area contributed by atoms with Crippen LogP contribution in [0.4, 0.5) is 5.82 Å². The van der Waals surface area contributed by atoms with Gasteiger partial charge in [0.25, 0.3) is 0 Å². The van der Waals surface area contributed by atoms with Gasteiger partial charge in [-0.15, -0.1) is 0 Å². The highest BCUT2D eigenvalue weighted by Gasteiger charge is 2.35. The number of aromatic nitrogens is 4. The Balaban J connectivity index is 1.35. The summed E-state index contributed by atoms with van der Waals surface area (Å²) >= 11 is 0.